The quantitative estimate of drug-likeness (QED) is 0.690. The van der Waals surface area contributed by atoms with Crippen LogP contribution < -0.4 is 0 Å². The van der Waals surface area contributed by atoms with Crippen molar-refractivity contribution in [1.82, 2.24) is 4.98 Å². The molecule has 0 amide bonds. The Morgan fingerprint density at radius 2 is 2.15 bits per heavy atom. The molecule has 5 heteroatoms. The number of halogens is 3. The van der Waals surface area contributed by atoms with Crippen LogP contribution in [0.4, 0.5) is 13.2 Å². The molecule has 13 heavy (non-hydrogen) atoms. The minimum Gasteiger partial charge on any atom is -0.249 e. The highest BCUT2D eigenvalue weighted by atomic mass is 32.2. The van der Waals surface area contributed by atoms with Gasteiger partial charge in [-0.1, -0.05) is 6.92 Å². The third-order valence-corrected chi connectivity index (χ3v) is 2.25. The van der Waals surface area contributed by atoms with Gasteiger partial charge in [0.25, 0.3) is 0 Å². The molecule has 1 rings (SSSR count). The number of pyridine rings is 1. The van der Waals surface area contributed by atoms with Crippen molar-refractivity contribution in [3.8, 4) is 0 Å². The van der Waals surface area contributed by atoms with E-state index in [1.165, 1.54) is 12.3 Å². The second kappa shape index (κ2) is 4.00. The molecule has 1 aromatic heterocycles. The van der Waals surface area contributed by atoms with E-state index in [1.54, 1.807) is 6.92 Å². The third-order valence-electron chi connectivity index (χ3n) is 1.36. The Kier molecular flexibility index (Phi) is 3.19. The van der Waals surface area contributed by atoms with Crippen molar-refractivity contribution in [3.05, 3.63) is 23.9 Å². The zero-order valence-corrected chi connectivity index (χ0v) is 7.75. The van der Waals surface area contributed by atoms with Gasteiger partial charge in [-0.05, 0) is 17.9 Å². The molecule has 0 N–H and O–H groups in total. The lowest BCUT2D eigenvalue weighted by atomic mass is 10.3. The average Bonchev–Trinajstić information content (AvgIpc) is 2.04. The van der Waals surface area contributed by atoms with Crippen molar-refractivity contribution >= 4 is 11.8 Å². The smallest absolute Gasteiger partial charge is 0.249 e. The summed E-state index contributed by atoms with van der Waals surface area (Å²) < 4.78 is 37.0. The molecule has 0 saturated carbocycles. The molecule has 0 spiro atoms. The highest BCUT2D eigenvalue weighted by molar-refractivity contribution is 7.99. The monoisotopic (exact) mass is 207 g/mol. The van der Waals surface area contributed by atoms with Crippen LogP contribution in [0.1, 0.15) is 12.5 Å². The van der Waals surface area contributed by atoms with Gasteiger partial charge in [-0.15, -0.1) is 11.8 Å². The third kappa shape index (κ3) is 2.62. The Morgan fingerprint density at radius 3 is 2.69 bits per heavy atom. The number of alkyl halides is 3. The molecule has 1 nitrogen and oxygen atoms in total. The van der Waals surface area contributed by atoms with Crippen molar-refractivity contribution in [2.24, 2.45) is 0 Å². The zero-order valence-electron chi connectivity index (χ0n) is 6.93. The maximum Gasteiger partial charge on any atom is 0.419 e. The highest BCUT2D eigenvalue weighted by Gasteiger charge is 2.33. The van der Waals surface area contributed by atoms with Crippen molar-refractivity contribution in [2.45, 2.75) is 18.1 Å². The molecule has 0 atom stereocenters. The summed E-state index contributed by atoms with van der Waals surface area (Å²) in [6.45, 7) is 1.79. The van der Waals surface area contributed by atoms with Crippen molar-refractivity contribution in [1.29, 1.82) is 0 Å². The molecule has 0 fully saturated rings. The standard InChI is InChI=1S/C8H8F3NS/c1-2-13-7-6(8(9,10)11)4-3-5-12-7/h3-5H,2H2,1H3. The van der Waals surface area contributed by atoms with Crippen LogP contribution in [-0.2, 0) is 6.18 Å². The first-order valence-electron chi connectivity index (χ1n) is 3.70. The fraction of sp³-hybridized carbons (Fsp3) is 0.375. The summed E-state index contributed by atoms with van der Waals surface area (Å²) in [5.74, 6) is 0.583. The number of rotatable bonds is 2. The maximum atomic E-state index is 12.3. The SMILES string of the molecule is CCSc1ncccc1C(F)(F)F. The highest BCUT2D eigenvalue weighted by Crippen LogP contribution is 2.34. The molecule has 72 valence electrons. The fourth-order valence-electron chi connectivity index (χ4n) is 0.858. The van der Waals surface area contributed by atoms with E-state index in [0.29, 0.717) is 5.75 Å². The lowest BCUT2D eigenvalue weighted by Gasteiger charge is -2.09. The van der Waals surface area contributed by atoms with Gasteiger partial charge in [-0.2, -0.15) is 13.2 Å². The predicted octanol–water partition coefficient (Wildman–Crippen LogP) is 3.21. The molecule has 0 bridgehead atoms. The van der Waals surface area contributed by atoms with Gasteiger partial charge in [0.15, 0.2) is 0 Å². The van der Waals surface area contributed by atoms with Crippen LogP contribution in [0.2, 0.25) is 0 Å². The molecule has 0 aromatic carbocycles. The number of hydrogen-bond donors (Lipinski definition) is 0. The van der Waals surface area contributed by atoms with Gasteiger partial charge in [0.2, 0.25) is 0 Å². The molecule has 0 aliphatic heterocycles. The molecular weight excluding hydrogens is 199 g/mol. The summed E-state index contributed by atoms with van der Waals surface area (Å²) in [5, 5.41) is 0.0532. The summed E-state index contributed by atoms with van der Waals surface area (Å²) in [6, 6.07) is 2.34. The van der Waals surface area contributed by atoms with Crippen molar-refractivity contribution in [2.75, 3.05) is 5.75 Å². The van der Waals surface area contributed by atoms with E-state index in [-0.39, 0.29) is 5.03 Å². The van der Waals surface area contributed by atoms with E-state index in [9.17, 15) is 13.2 Å². The first-order valence-corrected chi connectivity index (χ1v) is 4.69. The normalized spacial score (nSPS) is 11.7. The van der Waals surface area contributed by atoms with Gasteiger partial charge in [0, 0.05) is 6.20 Å². The van der Waals surface area contributed by atoms with Gasteiger partial charge in [-0.25, -0.2) is 4.98 Å². The molecule has 0 aliphatic carbocycles. The largest absolute Gasteiger partial charge is 0.419 e. The Balaban J connectivity index is 3.05. The summed E-state index contributed by atoms with van der Waals surface area (Å²) in [6.07, 6.45) is -2.93. The zero-order chi connectivity index (χ0) is 9.90. The van der Waals surface area contributed by atoms with Gasteiger partial charge < -0.3 is 0 Å². The van der Waals surface area contributed by atoms with Crippen molar-refractivity contribution in [3.63, 3.8) is 0 Å². The van der Waals surface area contributed by atoms with E-state index in [1.807, 2.05) is 0 Å². The molecule has 0 unspecified atom stereocenters. The Hall–Kier alpha value is -0.710. The van der Waals surface area contributed by atoms with E-state index in [2.05, 4.69) is 4.98 Å². The van der Waals surface area contributed by atoms with Gasteiger partial charge in [0.1, 0.15) is 5.03 Å². The van der Waals surface area contributed by atoms with Crippen LogP contribution >= 0.6 is 11.8 Å². The number of thioether (sulfide) groups is 1. The summed E-state index contributed by atoms with van der Waals surface area (Å²) in [5.41, 5.74) is -0.651. The maximum absolute atomic E-state index is 12.3. The van der Waals surface area contributed by atoms with Crippen LogP contribution in [0, 0.1) is 0 Å². The molecule has 0 aliphatic rings. The molecule has 1 aromatic rings. The van der Waals surface area contributed by atoms with Gasteiger partial charge in [-0.3, -0.25) is 0 Å². The first-order chi connectivity index (χ1) is 6.05. The second-order valence-corrected chi connectivity index (χ2v) is 3.54. The van der Waals surface area contributed by atoms with Crippen LogP contribution in [0.15, 0.2) is 23.4 Å². The van der Waals surface area contributed by atoms with Crippen LogP contribution in [0.5, 0.6) is 0 Å². The molecule has 1 heterocycles. The van der Waals surface area contributed by atoms with Crippen LogP contribution in [-0.4, -0.2) is 10.7 Å². The lowest BCUT2D eigenvalue weighted by Crippen LogP contribution is -2.07. The van der Waals surface area contributed by atoms with Crippen LogP contribution in [0.25, 0.3) is 0 Å². The minimum atomic E-state index is -4.30. The lowest BCUT2D eigenvalue weighted by molar-refractivity contribution is -0.140. The Bertz CT molecular complexity index is 285. The van der Waals surface area contributed by atoms with E-state index in [4.69, 9.17) is 0 Å². The Morgan fingerprint density at radius 1 is 1.46 bits per heavy atom. The van der Waals surface area contributed by atoms with Crippen molar-refractivity contribution < 1.29 is 13.2 Å². The average molecular weight is 207 g/mol. The number of hydrogen-bond acceptors (Lipinski definition) is 2. The second-order valence-electron chi connectivity index (χ2n) is 2.29. The summed E-state index contributed by atoms with van der Waals surface area (Å²) in [7, 11) is 0. The first kappa shape index (κ1) is 10.4. The Labute approximate surface area is 78.4 Å². The summed E-state index contributed by atoms with van der Waals surface area (Å²) in [4.78, 5) is 3.68. The topological polar surface area (TPSA) is 12.9 Å². The van der Waals surface area contributed by atoms with Crippen LogP contribution in [0.3, 0.4) is 0 Å². The van der Waals surface area contributed by atoms with E-state index in [0.717, 1.165) is 17.8 Å². The summed E-state index contributed by atoms with van der Waals surface area (Å²) >= 11 is 1.10. The molecule has 0 saturated heterocycles. The van der Waals surface area contributed by atoms with E-state index >= 15 is 0 Å². The predicted molar refractivity (Wildman–Crippen MR) is 45.6 cm³/mol. The molecular formula is C8H8F3NS. The molecule has 0 radical (unpaired) electrons. The number of aromatic nitrogens is 1. The van der Waals surface area contributed by atoms with E-state index < -0.39 is 11.7 Å². The minimum absolute atomic E-state index is 0.0532. The fourth-order valence-corrected chi connectivity index (χ4v) is 1.61. The van der Waals surface area contributed by atoms with Gasteiger partial charge in [0.05, 0.1) is 5.56 Å². The number of nitrogens with zero attached hydrogens (tertiary/aromatic N) is 1. The van der Waals surface area contributed by atoms with Gasteiger partial charge >= 0.3 is 6.18 Å².